The van der Waals surface area contributed by atoms with Gasteiger partial charge in [-0.05, 0) is 33.2 Å². The largest absolute Gasteiger partial charge is 0.293 e. The maximum atomic E-state index is 11.2. The molecule has 0 saturated carbocycles. The van der Waals surface area contributed by atoms with E-state index in [4.69, 9.17) is 5.84 Å². The summed E-state index contributed by atoms with van der Waals surface area (Å²) < 4.78 is 0. The summed E-state index contributed by atoms with van der Waals surface area (Å²) in [4.78, 5) is 13.3. The molecule has 4 nitrogen and oxygen atoms in total. The lowest BCUT2D eigenvalue weighted by molar-refractivity contribution is -0.126. The molecule has 0 spiro atoms. The topological polar surface area (TPSA) is 58.4 Å². The van der Waals surface area contributed by atoms with Crippen molar-refractivity contribution in [2.45, 2.75) is 38.8 Å². The van der Waals surface area contributed by atoms with E-state index in [0.717, 1.165) is 6.54 Å². The van der Waals surface area contributed by atoms with Gasteiger partial charge in [-0.2, -0.15) is 0 Å². The van der Waals surface area contributed by atoms with Crippen LogP contribution in [0.1, 0.15) is 26.7 Å². The highest BCUT2D eigenvalue weighted by Gasteiger charge is 2.28. The van der Waals surface area contributed by atoms with Crippen LogP contribution in [0.2, 0.25) is 0 Å². The number of carbonyl (C=O) groups excluding carboxylic acids is 1. The zero-order valence-electron chi connectivity index (χ0n) is 7.71. The number of likely N-dealkylation sites (tertiary alicyclic amines) is 1. The number of nitrogens with two attached hydrogens (primary N) is 1. The Balaban J connectivity index is 2.51. The molecule has 0 radical (unpaired) electrons. The second-order valence-electron chi connectivity index (χ2n) is 3.41. The maximum Gasteiger partial charge on any atom is 0.250 e. The molecule has 1 heterocycles. The lowest BCUT2D eigenvalue weighted by Crippen LogP contribution is -2.48. The fraction of sp³-hybridized carbons (Fsp3) is 0.875. The van der Waals surface area contributed by atoms with Gasteiger partial charge in [0.2, 0.25) is 0 Å². The summed E-state index contributed by atoms with van der Waals surface area (Å²) in [6, 6.07) is 0.421. The first-order valence-electron chi connectivity index (χ1n) is 4.43. The van der Waals surface area contributed by atoms with Gasteiger partial charge in [0.15, 0.2) is 0 Å². The Bertz CT molecular complexity index is 172. The first kappa shape index (κ1) is 9.48. The van der Waals surface area contributed by atoms with E-state index in [1.165, 1.54) is 12.8 Å². The van der Waals surface area contributed by atoms with Crippen LogP contribution in [0, 0.1) is 0 Å². The van der Waals surface area contributed by atoms with Gasteiger partial charge in [0.05, 0.1) is 6.04 Å². The Morgan fingerprint density at radius 2 is 2.42 bits per heavy atom. The molecule has 1 fully saturated rings. The summed E-state index contributed by atoms with van der Waals surface area (Å²) >= 11 is 0. The third-order valence-corrected chi connectivity index (χ3v) is 2.62. The predicted molar refractivity (Wildman–Crippen MR) is 47.2 cm³/mol. The van der Waals surface area contributed by atoms with Gasteiger partial charge in [-0.3, -0.25) is 15.1 Å². The van der Waals surface area contributed by atoms with E-state index in [0.29, 0.717) is 6.04 Å². The average Bonchev–Trinajstić information content (AvgIpc) is 2.48. The van der Waals surface area contributed by atoms with Crippen LogP contribution >= 0.6 is 0 Å². The molecule has 1 rings (SSSR count). The van der Waals surface area contributed by atoms with Crippen molar-refractivity contribution in [2.75, 3.05) is 6.54 Å². The fourth-order valence-electron chi connectivity index (χ4n) is 1.80. The van der Waals surface area contributed by atoms with E-state index in [1.54, 1.807) is 0 Å². The Morgan fingerprint density at radius 3 is 2.83 bits per heavy atom. The number of hydrogen-bond donors (Lipinski definition) is 2. The third-order valence-electron chi connectivity index (χ3n) is 2.62. The number of hydrogen-bond acceptors (Lipinski definition) is 3. The fourth-order valence-corrected chi connectivity index (χ4v) is 1.80. The molecule has 4 heteroatoms. The van der Waals surface area contributed by atoms with Crippen LogP contribution in [0.5, 0.6) is 0 Å². The van der Waals surface area contributed by atoms with Crippen LogP contribution in [0.25, 0.3) is 0 Å². The summed E-state index contributed by atoms with van der Waals surface area (Å²) in [5.41, 5.74) is 2.18. The molecule has 2 atom stereocenters. The van der Waals surface area contributed by atoms with E-state index >= 15 is 0 Å². The molecule has 1 saturated heterocycles. The number of carbonyl (C=O) groups is 1. The van der Waals surface area contributed by atoms with Crippen molar-refractivity contribution < 1.29 is 4.79 Å². The molecular formula is C8H17N3O. The van der Waals surface area contributed by atoms with E-state index < -0.39 is 0 Å². The number of nitrogens with zero attached hydrogens (tertiary/aromatic N) is 1. The molecule has 12 heavy (non-hydrogen) atoms. The van der Waals surface area contributed by atoms with Crippen molar-refractivity contribution in [1.82, 2.24) is 10.3 Å². The normalized spacial score (nSPS) is 27.1. The Morgan fingerprint density at radius 1 is 1.75 bits per heavy atom. The van der Waals surface area contributed by atoms with E-state index in [1.807, 2.05) is 6.92 Å². The van der Waals surface area contributed by atoms with Crippen LogP contribution < -0.4 is 11.3 Å². The van der Waals surface area contributed by atoms with Gasteiger partial charge >= 0.3 is 0 Å². The van der Waals surface area contributed by atoms with Crippen LogP contribution in [0.4, 0.5) is 0 Å². The molecule has 1 aliphatic rings. The molecule has 3 N–H and O–H groups in total. The highest BCUT2D eigenvalue weighted by Crippen LogP contribution is 2.18. The lowest BCUT2D eigenvalue weighted by atomic mass is 10.2. The van der Waals surface area contributed by atoms with E-state index in [9.17, 15) is 4.79 Å². The van der Waals surface area contributed by atoms with E-state index in [-0.39, 0.29) is 11.9 Å². The molecule has 1 aliphatic heterocycles. The number of nitrogens with one attached hydrogen (secondary N) is 1. The van der Waals surface area contributed by atoms with Crippen LogP contribution in [-0.2, 0) is 4.79 Å². The van der Waals surface area contributed by atoms with Crippen molar-refractivity contribution in [1.29, 1.82) is 0 Å². The molecule has 0 aliphatic carbocycles. The number of amides is 1. The van der Waals surface area contributed by atoms with Gasteiger partial charge in [-0.1, -0.05) is 0 Å². The van der Waals surface area contributed by atoms with Gasteiger partial charge in [-0.15, -0.1) is 0 Å². The molecule has 70 valence electrons. The Labute approximate surface area is 73.1 Å². The second-order valence-corrected chi connectivity index (χ2v) is 3.41. The van der Waals surface area contributed by atoms with Crippen molar-refractivity contribution in [3.63, 3.8) is 0 Å². The number of hydrazine groups is 1. The summed E-state index contributed by atoms with van der Waals surface area (Å²) in [5, 5.41) is 0. The second kappa shape index (κ2) is 3.87. The number of rotatable bonds is 2. The minimum atomic E-state index is -0.0937. The molecule has 1 amide bonds. The quantitative estimate of drug-likeness (QED) is 0.345. The van der Waals surface area contributed by atoms with Crippen molar-refractivity contribution in [3.8, 4) is 0 Å². The van der Waals surface area contributed by atoms with Gasteiger partial charge in [-0.25, -0.2) is 5.84 Å². The van der Waals surface area contributed by atoms with Gasteiger partial charge < -0.3 is 0 Å². The smallest absolute Gasteiger partial charge is 0.250 e. The molecule has 0 aromatic carbocycles. The molecule has 2 unspecified atom stereocenters. The maximum absolute atomic E-state index is 11.2. The van der Waals surface area contributed by atoms with Crippen LogP contribution in [-0.4, -0.2) is 29.4 Å². The molecule has 0 aromatic heterocycles. The molecule has 0 aromatic rings. The predicted octanol–water partition coefficient (Wildman–Crippen LogP) is -0.151. The standard InChI is InChI=1S/C8H17N3O/c1-6-4-3-5-11(6)7(2)8(12)10-9/h6-7H,3-5,9H2,1-2H3,(H,10,12). The Kier molecular flexibility index (Phi) is 3.05. The highest BCUT2D eigenvalue weighted by molar-refractivity contribution is 5.80. The SMILES string of the molecule is CC1CCCN1C(C)C(=O)NN. The summed E-state index contributed by atoms with van der Waals surface area (Å²) in [6.07, 6.45) is 2.37. The van der Waals surface area contributed by atoms with Crippen molar-refractivity contribution in [2.24, 2.45) is 5.84 Å². The minimum absolute atomic E-state index is 0.0903. The summed E-state index contributed by atoms with van der Waals surface area (Å²) in [6.45, 7) is 5.05. The minimum Gasteiger partial charge on any atom is -0.293 e. The molecular weight excluding hydrogens is 154 g/mol. The monoisotopic (exact) mass is 171 g/mol. The third kappa shape index (κ3) is 1.76. The lowest BCUT2D eigenvalue weighted by Gasteiger charge is -2.26. The zero-order chi connectivity index (χ0) is 9.14. The van der Waals surface area contributed by atoms with Crippen LogP contribution in [0.15, 0.2) is 0 Å². The van der Waals surface area contributed by atoms with Gasteiger partial charge in [0.1, 0.15) is 0 Å². The Hall–Kier alpha value is -0.610. The van der Waals surface area contributed by atoms with Crippen molar-refractivity contribution in [3.05, 3.63) is 0 Å². The summed E-state index contributed by atoms with van der Waals surface area (Å²) in [5.74, 6) is 4.97. The van der Waals surface area contributed by atoms with Crippen LogP contribution in [0.3, 0.4) is 0 Å². The zero-order valence-corrected chi connectivity index (χ0v) is 7.71. The van der Waals surface area contributed by atoms with Gasteiger partial charge in [0, 0.05) is 6.04 Å². The van der Waals surface area contributed by atoms with Crippen molar-refractivity contribution >= 4 is 5.91 Å². The first-order valence-corrected chi connectivity index (χ1v) is 4.43. The highest BCUT2D eigenvalue weighted by atomic mass is 16.2. The van der Waals surface area contributed by atoms with Gasteiger partial charge in [0.25, 0.3) is 5.91 Å². The van der Waals surface area contributed by atoms with E-state index in [2.05, 4.69) is 17.2 Å². The summed E-state index contributed by atoms with van der Waals surface area (Å²) in [7, 11) is 0. The first-order chi connectivity index (χ1) is 5.66. The average molecular weight is 171 g/mol. The molecule has 0 bridgehead atoms.